The van der Waals surface area contributed by atoms with Gasteiger partial charge < -0.3 is 19.1 Å². The molecule has 2 aliphatic rings. The first-order valence-electron chi connectivity index (χ1n) is 6.91. The van der Waals surface area contributed by atoms with E-state index in [1.165, 1.54) is 18.1 Å². The maximum atomic E-state index is 11.8. The predicted molar refractivity (Wildman–Crippen MR) is 76.0 cm³/mol. The fraction of sp³-hybridized carbons (Fsp3) is 0.312. The van der Waals surface area contributed by atoms with E-state index in [2.05, 4.69) is 6.08 Å². The molecule has 0 saturated carbocycles. The smallest absolute Gasteiger partial charge is 0.410 e. The maximum Gasteiger partial charge on any atom is 0.410 e. The van der Waals surface area contributed by atoms with Crippen molar-refractivity contribution in [2.24, 2.45) is 0 Å². The SMILES string of the molecule is O=C(OCc1ccccc1)N1CC(=CCC2OC=CO2)C1. The molecule has 1 amide bonds. The van der Waals surface area contributed by atoms with Crippen LogP contribution in [0.2, 0.25) is 0 Å². The lowest BCUT2D eigenvalue weighted by molar-refractivity contribution is -0.0192. The van der Waals surface area contributed by atoms with Crippen LogP contribution in [0.25, 0.3) is 0 Å². The monoisotopic (exact) mass is 287 g/mol. The Morgan fingerprint density at radius 3 is 2.67 bits per heavy atom. The summed E-state index contributed by atoms with van der Waals surface area (Å²) in [7, 11) is 0. The molecule has 21 heavy (non-hydrogen) atoms. The van der Waals surface area contributed by atoms with Gasteiger partial charge in [0.2, 0.25) is 6.29 Å². The third-order valence-electron chi connectivity index (χ3n) is 3.37. The van der Waals surface area contributed by atoms with E-state index >= 15 is 0 Å². The van der Waals surface area contributed by atoms with Crippen molar-refractivity contribution in [3.63, 3.8) is 0 Å². The molecule has 2 heterocycles. The Balaban J connectivity index is 1.37. The summed E-state index contributed by atoms with van der Waals surface area (Å²) in [6.45, 7) is 1.55. The number of carbonyl (C=O) groups is 1. The minimum absolute atomic E-state index is 0.225. The number of benzene rings is 1. The first-order valence-corrected chi connectivity index (χ1v) is 6.91. The molecule has 1 fully saturated rings. The van der Waals surface area contributed by atoms with Crippen LogP contribution in [0, 0.1) is 0 Å². The zero-order chi connectivity index (χ0) is 14.5. The highest BCUT2D eigenvalue weighted by atomic mass is 16.7. The molecule has 2 aliphatic heterocycles. The standard InChI is InChI=1S/C16H17NO4/c18-16(21-12-13-4-2-1-3-5-13)17-10-14(11-17)6-7-15-19-8-9-20-15/h1-6,8-9,15H,7,10-12H2. The first-order chi connectivity index (χ1) is 10.3. The van der Waals surface area contributed by atoms with Gasteiger partial charge in [-0.3, -0.25) is 0 Å². The normalized spacial score (nSPS) is 17.0. The number of hydrogen-bond acceptors (Lipinski definition) is 4. The van der Waals surface area contributed by atoms with Crippen molar-refractivity contribution in [2.75, 3.05) is 13.1 Å². The molecule has 0 N–H and O–H groups in total. The van der Waals surface area contributed by atoms with Crippen molar-refractivity contribution in [3.8, 4) is 0 Å². The second-order valence-electron chi connectivity index (χ2n) is 4.97. The van der Waals surface area contributed by atoms with E-state index < -0.39 is 0 Å². The number of hydrogen-bond donors (Lipinski definition) is 0. The van der Waals surface area contributed by atoms with Gasteiger partial charge in [-0.1, -0.05) is 36.4 Å². The molecule has 0 aromatic heterocycles. The van der Waals surface area contributed by atoms with Crippen LogP contribution >= 0.6 is 0 Å². The van der Waals surface area contributed by atoms with Crippen molar-refractivity contribution in [2.45, 2.75) is 19.3 Å². The van der Waals surface area contributed by atoms with Crippen molar-refractivity contribution < 1.29 is 19.0 Å². The molecular weight excluding hydrogens is 270 g/mol. The zero-order valence-corrected chi connectivity index (χ0v) is 11.6. The zero-order valence-electron chi connectivity index (χ0n) is 11.6. The Morgan fingerprint density at radius 2 is 1.95 bits per heavy atom. The van der Waals surface area contributed by atoms with Crippen LogP contribution in [-0.2, 0) is 20.8 Å². The van der Waals surface area contributed by atoms with Crippen LogP contribution in [0.3, 0.4) is 0 Å². The summed E-state index contributed by atoms with van der Waals surface area (Å²) in [6, 6.07) is 9.66. The molecular formula is C16H17NO4. The van der Waals surface area contributed by atoms with E-state index in [0.717, 1.165) is 5.56 Å². The molecule has 110 valence electrons. The average Bonchev–Trinajstić information content (AvgIpc) is 2.98. The van der Waals surface area contributed by atoms with Crippen molar-refractivity contribution in [3.05, 3.63) is 60.1 Å². The van der Waals surface area contributed by atoms with Gasteiger partial charge in [-0.15, -0.1) is 0 Å². The Morgan fingerprint density at radius 1 is 1.24 bits per heavy atom. The molecule has 0 radical (unpaired) electrons. The largest absolute Gasteiger partial charge is 0.459 e. The molecule has 5 nitrogen and oxygen atoms in total. The van der Waals surface area contributed by atoms with Gasteiger partial charge in [0, 0.05) is 19.5 Å². The lowest BCUT2D eigenvalue weighted by Crippen LogP contribution is -2.44. The van der Waals surface area contributed by atoms with Gasteiger partial charge >= 0.3 is 6.09 Å². The molecule has 1 aromatic rings. The van der Waals surface area contributed by atoms with Crippen LogP contribution in [0.1, 0.15) is 12.0 Å². The topological polar surface area (TPSA) is 48.0 Å². The number of nitrogens with zero attached hydrogens (tertiary/aromatic N) is 1. The Hall–Kier alpha value is -2.43. The van der Waals surface area contributed by atoms with Gasteiger partial charge in [0.25, 0.3) is 0 Å². The van der Waals surface area contributed by atoms with Crippen molar-refractivity contribution in [1.82, 2.24) is 4.90 Å². The van der Waals surface area contributed by atoms with Crippen LogP contribution in [-0.4, -0.2) is 30.4 Å². The second-order valence-corrected chi connectivity index (χ2v) is 4.97. The lowest BCUT2D eigenvalue weighted by atomic mass is 10.1. The lowest BCUT2D eigenvalue weighted by Gasteiger charge is -2.33. The summed E-state index contributed by atoms with van der Waals surface area (Å²) >= 11 is 0. The molecule has 1 aromatic carbocycles. The molecule has 0 spiro atoms. The number of likely N-dealkylation sites (tertiary alicyclic amines) is 1. The van der Waals surface area contributed by atoms with Gasteiger partial charge in [-0.05, 0) is 11.1 Å². The summed E-state index contributed by atoms with van der Waals surface area (Å²) in [5.74, 6) is 0. The van der Waals surface area contributed by atoms with Gasteiger partial charge in [0.15, 0.2) is 0 Å². The fourth-order valence-corrected chi connectivity index (χ4v) is 2.16. The van der Waals surface area contributed by atoms with Crippen molar-refractivity contribution in [1.29, 1.82) is 0 Å². The Bertz CT molecular complexity index is 537. The Kier molecular flexibility index (Phi) is 4.09. The summed E-state index contributed by atoms with van der Waals surface area (Å²) in [6.07, 6.45) is 5.32. The minimum Gasteiger partial charge on any atom is -0.459 e. The predicted octanol–water partition coefficient (Wildman–Crippen LogP) is 2.80. The van der Waals surface area contributed by atoms with Gasteiger partial charge in [0.1, 0.15) is 19.1 Å². The first kappa shape index (κ1) is 13.5. The molecule has 0 bridgehead atoms. The highest BCUT2D eigenvalue weighted by molar-refractivity contribution is 5.70. The highest BCUT2D eigenvalue weighted by Crippen LogP contribution is 2.19. The van der Waals surface area contributed by atoms with E-state index in [4.69, 9.17) is 14.2 Å². The maximum absolute atomic E-state index is 11.8. The summed E-state index contributed by atoms with van der Waals surface area (Å²) < 4.78 is 15.6. The van der Waals surface area contributed by atoms with Gasteiger partial charge in [0.05, 0.1) is 0 Å². The van der Waals surface area contributed by atoms with E-state index in [1.54, 1.807) is 4.90 Å². The van der Waals surface area contributed by atoms with E-state index in [1.807, 2.05) is 30.3 Å². The van der Waals surface area contributed by atoms with Crippen LogP contribution in [0.4, 0.5) is 4.79 Å². The third kappa shape index (κ3) is 3.56. The number of amides is 1. The third-order valence-corrected chi connectivity index (χ3v) is 3.37. The van der Waals surface area contributed by atoms with Crippen LogP contribution in [0.5, 0.6) is 0 Å². The van der Waals surface area contributed by atoms with E-state index in [9.17, 15) is 4.79 Å². The highest BCUT2D eigenvalue weighted by Gasteiger charge is 2.26. The van der Waals surface area contributed by atoms with E-state index in [-0.39, 0.29) is 12.4 Å². The molecule has 5 heteroatoms. The summed E-state index contributed by atoms with van der Waals surface area (Å²) in [5, 5.41) is 0. The number of carbonyl (C=O) groups excluding carboxylic acids is 1. The molecule has 0 atom stereocenters. The average molecular weight is 287 g/mol. The fourth-order valence-electron chi connectivity index (χ4n) is 2.16. The quantitative estimate of drug-likeness (QED) is 0.799. The molecule has 0 unspecified atom stereocenters. The minimum atomic E-state index is -0.272. The van der Waals surface area contributed by atoms with Gasteiger partial charge in [-0.2, -0.15) is 0 Å². The number of ether oxygens (including phenoxy) is 3. The molecule has 1 saturated heterocycles. The number of rotatable bonds is 4. The summed E-state index contributed by atoms with van der Waals surface area (Å²) in [4.78, 5) is 13.5. The second kappa shape index (κ2) is 6.35. The van der Waals surface area contributed by atoms with Crippen LogP contribution in [0.15, 0.2) is 54.5 Å². The van der Waals surface area contributed by atoms with Gasteiger partial charge in [-0.25, -0.2) is 4.79 Å². The summed E-state index contributed by atoms with van der Waals surface area (Å²) in [5.41, 5.74) is 2.19. The molecule has 0 aliphatic carbocycles. The molecule has 3 rings (SSSR count). The van der Waals surface area contributed by atoms with Crippen molar-refractivity contribution >= 4 is 6.09 Å². The van der Waals surface area contributed by atoms with Crippen LogP contribution < -0.4 is 0 Å². The Labute approximate surface area is 123 Å². The van der Waals surface area contributed by atoms with E-state index in [0.29, 0.717) is 26.1 Å².